The number of carbonyl (C=O) groups is 1. The highest BCUT2D eigenvalue weighted by Gasteiger charge is 2.51. The number of anilines is 1. The lowest BCUT2D eigenvalue weighted by molar-refractivity contribution is -0.118. The fourth-order valence-corrected chi connectivity index (χ4v) is 5.51. The number of aliphatic hydroxyl groups excluding tert-OH is 2. The standard InChI is InChI=1S/C26H27N3O7S/c1-29(14-19(31)15-30)37(33,34)20-8-5-17(6-9-20)21-3-2-4-24(27-21)28-25(32)26(11-12-26)18-7-10-22-23(13-18)36-16-35-22/h2-10,13,19,30-31H,11-12,14-16H2,1H3,(H,27,28,32). The van der Waals surface area contributed by atoms with Gasteiger partial charge >= 0.3 is 0 Å². The Kier molecular flexibility index (Phi) is 6.63. The fraction of sp³-hybridized carbons (Fsp3) is 0.308. The van der Waals surface area contributed by atoms with Gasteiger partial charge in [0.15, 0.2) is 11.5 Å². The zero-order valence-electron chi connectivity index (χ0n) is 20.1. The van der Waals surface area contributed by atoms with Crippen LogP contribution in [0, 0.1) is 0 Å². The molecule has 0 saturated heterocycles. The Morgan fingerprint density at radius 3 is 2.54 bits per heavy atom. The number of hydrogen-bond acceptors (Lipinski definition) is 8. The van der Waals surface area contributed by atoms with Gasteiger partial charge in [-0.2, -0.15) is 4.31 Å². The second kappa shape index (κ2) is 9.75. The van der Waals surface area contributed by atoms with Gasteiger partial charge in [-0.3, -0.25) is 4.79 Å². The zero-order valence-corrected chi connectivity index (χ0v) is 20.9. The van der Waals surface area contributed by atoms with Crippen LogP contribution in [-0.2, 0) is 20.2 Å². The maximum atomic E-state index is 13.2. The monoisotopic (exact) mass is 525 g/mol. The van der Waals surface area contributed by atoms with E-state index in [4.69, 9.17) is 14.6 Å². The van der Waals surface area contributed by atoms with E-state index in [1.807, 2.05) is 18.2 Å². The summed E-state index contributed by atoms with van der Waals surface area (Å²) in [6.45, 7) is -0.585. The molecular formula is C26H27N3O7S. The molecule has 3 aromatic rings. The van der Waals surface area contributed by atoms with Gasteiger partial charge in [0.1, 0.15) is 5.82 Å². The molecule has 1 saturated carbocycles. The molecule has 11 heteroatoms. The quantitative estimate of drug-likeness (QED) is 0.386. The minimum atomic E-state index is -3.84. The van der Waals surface area contributed by atoms with E-state index in [0.717, 1.165) is 22.7 Å². The predicted molar refractivity (Wildman–Crippen MR) is 135 cm³/mol. The van der Waals surface area contributed by atoms with Crippen LogP contribution >= 0.6 is 0 Å². The second-order valence-corrected chi connectivity index (χ2v) is 11.2. The van der Waals surface area contributed by atoms with Crippen molar-refractivity contribution in [3.05, 3.63) is 66.2 Å². The Bertz CT molecular complexity index is 1420. The number of hydrogen-bond donors (Lipinski definition) is 3. The van der Waals surface area contributed by atoms with Crippen molar-refractivity contribution in [3.63, 3.8) is 0 Å². The number of rotatable bonds is 9. The highest BCUT2D eigenvalue weighted by molar-refractivity contribution is 7.89. The summed E-state index contributed by atoms with van der Waals surface area (Å²) >= 11 is 0. The number of aromatic nitrogens is 1. The minimum absolute atomic E-state index is 0.0488. The first-order valence-electron chi connectivity index (χ1n) is 11.8. The first-order chi connectivity index (χ1) is 17.7. The van der Waals surface area contributed by atoms with E-state index in [9.17, 15) is 18.3 Å². The SMILES string of the molecule is CN(CC(O)CO)S(=O)(=O)c1ccc(-c2cccc(NC(=O)C3(c4ccc5c(c4)OCO5)CC3)n2)cc1. The number of amides is 1. The molecule has 3 N–H and O–H groups in total. The molecule has 194 valence electrons. The van der Waals surface area contributed by atoms with Crippen molar-refractivity contribution in [1.82, 2.24) is 9.29 Å². The van der Waals surface area contributed by atoms with Crippen LogP contribution in [0.1, 0.15) is 18.4 Å². The lowest BCUT2D eigenvalue weighted by Crippen LogP contribution is -2.35. The van der Waals surface area contributed by atoms with Gasteiger partial charge in [0.05, 0.1) is 28.7 Å². The second-order valence-electron chi connectivity index (χ2n) is 9.16. The Labute approximate surface area is 214 Å². The fourth-order valence-electron chi connectivity index (χ4n) is 4.30. The van der Waals surface area contributed by atoms with E-state index in [1.165, 1.54) is 19.2 Å². The van der Waals surface area contributed by atoms with E-state index in [-0.39, 0.29) is 24.1 Å². The van der Waals surface area contributed by atoms with Gasteiger partial charge in [-0.25, -0.2) is 13.4 Å². The van der Waals surface area contributed by atoms with Crippen LogP contribution in [-0.4, -0.2) is 66.9 Å². The lowest BCUT2D eigenvalue weighted by atomic mass is 9.94. The number of carbonyl (C=O) groups excluding carboxylic acids is 1. The number of sulfonamides is 1. The normalized spacial score (nSPS) is 16.4. The number of nitrogens with one attached hydrogen (secondary N) is 1. The maximum absolute atomic E-state index is 13.2. The molecule has 37 heavy (non-hydrogen) atoms. The number of ether oxygens (including phenoxy) is 2. The summed E-state index contributed by atoms with van der Waals surface area (Å²) in [7, 11) is -2.50. The van der Waals surface area contributed by atoms with Gasteiger partial charge in [-0.15, -0.1) is 0 Å². The smallest absolute Gasteiger partial charge is 0.242 e. The number of likely N-dealkylation sites (N-methyl/N-ethyl adjacent to an activating group) is 1. The molecule has 2 heterocycles. The summed E-state index contributed by atoms with van der Waals surface area (Å²) in [5.41, 5.74) is 1.48. The van der Waals surface area contributed by atoms with Crippen LogP contribution < -0.4 is 14.8 Å². The molecule has 0 bridgehead atoms. The third-order valence-electron chi connectivity index (χ3n) is 6.64. The van der Waals surface area contributed by atoms with Crippen LogP contribution in [0.15, 0.2) is 65.6 Å². The topological polar surface area (TPSA) is 138 Å². The maximum Gasteiger partial charge on any atom is 0.242 e. The summed E-state index contributed by atoms with van der Waals surface area (Å²) in [5, 5.41) is 21.5. The molecule has 0 radical (unpaired) electrons. The highest BCUT2D eigenvalue weighted by atomic mass is 32.2. The van der Waals surface area contributed by atoms with Crippen molar-refractivity contribution in [2.75, 3.05) is 32.3 Å². The van der Waals surface area contributed by atoms with Gasteiger partial charge in [-0.1, -0.05) is 24.3 Å². The molecule has 1 amide bonds. The molecule has 1 fully saturated rings. The van der Waals surface area contributed by atoms with Gasteiger partial charge < -0.3 is 25.0 Å². The molecular weight excluding hydrogens is 498 g/mol. The van der Waals surface area contributed by atoms with Gasteiger partial charge in [0.25, 0.3) is 0 Å². The van der Waals surface area contributed by atoms with Crippen molar-refractivity contribution in [3.8, 4) is 22.8 Å². The number of benzene rings is 2. The van der Waals surface area contributed by atoms with E-state index in [2.05, 4.69) is 10.3 Å². The minimum Gasteiger partial charge on any atom is -0.454 e. The van der Waals surface area contributed by atoms with Crippen molar-refractivity contribution in [2.24, 2.45) is 0 Å². The molecule has 1 aromatic heterocycles. The summed E-state index contributed by atoms with van der Waals surface area (Å²) < 4.78 is 37.3. The summed E-state index contributed by atoms with van der Waals surface area (Å²) in [5.74, 6) is 1.55. The summed E-state index contributed by atoms with van der Waals surface area (Å²) in [6, 6.07) is 17.0. The van der Waals surface area contributed by atoms with Crippen LogP contribution in [0.25, 0.3) is 11.3 Å². The number of fused-ring (bicyclic) bond motifs is 1. The molecule has 10 nitrogen and oxygen atoms in total. The predicted octanol–water partition coefficient (Wildman–Crippen LogP) is 2.12. The number of nitrogens with zero attached hydrogens (tertiary/aromatic N) is 2. The third kappa shape index (κ3) is 4.90. The van der Waals surface area contributed by atoms with Crippen LogP contribution in [0.4, 0.5) is 5.82 Å². The first kappa shape index (κ1) is 25.2. The van der Waals surface area contributed by atoms with Gasteiger partial charge in [-0.05, 0) is 54.8 Å². The van der Waals surface area contributed by atoms with Gasteiger partial charge in [0, 0.05) is 19.2 Å². The number of pyridine rings is 1. The van der Waals surface area contributed by atoms with E-state index < -0.39 is 28.1 Å². The Hall–Kier alpha value is -3.51. The molecule has 1 atom stereocenters. The molecule has 1 aliphatic carbocycles. The Morgan fingerprint density at radius 2 is 1.84 bits per heavy atom. The average Bonchev–Trinajstić information content (AvgIpc) is 3.59. The first-order valence-corrected chi connectivity index (χ1v) is 13.2. The molecule has 1 unspecified atom stereocenters. The molecule has 0 spiro atoms. The largest absolute Gasteiger partial charge is 0.454 e. The zero-order chi connectivity index (χ0) is 26.2. The Morgan fingerprint density at radius 1 is 1.11 bits per heavy atom. The molecule has 2 aromatic carbocycles. The highest BCUT2D eigenvalue weighted by Crippen LogP contribution is 2.51. The third-order valence-corrected chi connectivity index (χ3v) is 8.47. The van der Waals surface area contributed by atoms with E-state index in [1.54, 1.807) is 30.3 Å². The van der Waals surface area contributed by atoms with Crippen molar-refractivity contribution >= 4 is 21.7 Å². The van der Waals surface area contributed by atoms with Crippen LogP contribution in [0.5, 0.6) is 11.5 Å². The van der Waals surface area contributed by atoms with Crippen molar-refractivity contribution < 1.29 is 32.9 Å². The van der Waals surface area contributed by atoms with Crippen molar-refractivity contribution in [1.29, 1.82) is 0 Å². The molecule has 5 rings (SSSR count). The molecule has 2 aliphatic rings. The van der Waals surface area contributed by atoms with Crippen LogP contribution in [0.2, 0.25) is 0 Å². The average molecular weight is 526 g/mol. The van der Waals surface area contributed by atoms with E-state index >= 15 is 0 Å². The Balaban J connectivity index is 1.31. The van der Waals surface area contributed by atoms with Crippen molar-refractivity contribution in [2.45, 2.75) is 29.3 Å². The van der Waals surface area contributed by atoms with Crippen LogP contribution in [0.3, 0.4) is 0 Å². The summed E-state index contributed by atoms with van der Waals surface area (Å²) in [6.07, 6.45) is 0.275. The summed E-state index contributed by atoms with van der Waals surface area (Å²) in [4.78, 5) is 17.8. The molecule has 1 aliphatic heterocycles. The van der Waals surface area contributed by atoms with Gasteiger partial charge in [0.2, 0.25) is 22.7 Å². The van der Waals surface area contributed by atoms with E-state index in [0.29, 0.717) is 28.6 Å². The lowest BCUT2D eigenvalue weighted by Gasteiger charge is -2.19. The number of aliphatic hydroxyl groups is 2.